The van der Waals surface area contributed by atoms with E-state index in [4.69, 9.17) is 0 Å². The van der Waals surface area contributed by atoms with Crippen molar-refractivity contribution in [1.29, 1.82) is 0 Å². The van der Waals surface area contributed by atoms with Gasteiger partial charge in [-0.15, -0.1) is 11.3 Å². The summed E-state index contributed by atoms with van der Waals surface area (Å²) in [4.78, 5) is 29.9. The molecule has 0 bridgehead atoms. The Morgan fingerprint density at radius 1 is 1.22 bits per heavy atom. The fourth-order valence-electron chi connectivity index (χ4n) is 3.15. The summed E-state index contributed by atoms with van der Waals surface area (Å²) in [6.07, 6.45) is 5.04. The number of fused-ring (bicyclic) bond motifs is 3. The van der Waals surface area contributed by atoms with Crippen LogP contribution in [0.4, 0.5) is 11.4 Å². The molecule has 1 fully saturated rings. The highest BCUT2D eigenvalue weighted by Crippen LogP contribution is 2.34. The summed E-state index contributed by atoms with van der Waals surface area (Å²) in [7, 11) is 0. The van der Waals surface area contributed by atoms with Crippen LogP contribution in [0.2, 0.25) is 0 Å². The normalized spacial score (nSPS) is 15.4. The summed E-state index contributed by atoms with van der Waals surface area (Å²) in [5.41, 5.74) is 0.824. The maximum absolute atomic E-state index is 12.2. The minimum Gasteiger partial charge on any atom is -0.366 e. The van der Waals surface area contributed by atoms with E-state index in [0.29, 0.717) is 16.2 Å². The average molecular weight is 330 g/mol. The van der Waals surface area contributed by atoms with E-state index in [-0.39, 0.29) is 11.1 Å². The Labute approximate surface area is 134 Å². The van der Waals surface area contributed by atoms with Crippen LogP contribution in [0.25, 0.3) is 15.9 Å². The number of nitro groups is 1. The predicted octanol–water partition coefficient (Wildman–Crippen LogP) is 2.81. The highest BCUT2D eigenvalue weighted by atomic mass is 32.1. The zero-order valence-electron chi connectivity index (χ0n) is 12.3. The molecule has 0 atom stereocenters. The van der Waals surface area contributed by atoms with Gasteiger partial charge in [0.2, 0.25) is 0 Å². The van der Waals surface area contributed by atoms with Crippen LogP contribution < -0.4 is 10.5 Å². The quantitative estimate of drug-likeness (QED) is 0.533. The lowest BCUT2D eigenvalue weighted by Gasteiger charge is -2.28. The number of nitrogens with zero attached hydrogens (tertiary/aromatic N) is 4. The lowest BCUT2D eigenvalue weighted by molar-refractivity contribution is -0.384. The third-order valence-corrected chi connectivity index (χ3v) is 5.02. The summed E-state index contributed by atoms with van der Waals surface area (Å²) >= 11 is 1.37. The lowest BCUT2D eigenvalue weighted by atomic mass is 10.1. The molecule has 0 N–H and O–H groups in total. The van der Waals surface area contributed by atoms with Gasteiger partial charge < -0.3 is 4.90 Å². The molecule has 3 heterocycles. The van der Waals surface area contributed by atoms with Crippen molar-refractivity contribution in [2.24, 2.45) is 0 Å². The summed E-state index contributed by atoms with van der Waals surface area (Å²) in [6.45, 7) is 1.61. The molecular weight excluding hydrogens is 316 g/mol. The number of nitro benzene ring substituents is 1. The molecule has 4 rings (SSSR count). The number of piperidine rings is 1. The van der Waals surface area contributed by atoms with E-state index in [1.165, 1.54) is 17.4 Å². The molecule has 0 aliphatic carbocycles. The number of anilines is 1. The lowest BCUT2D eigenvalue weighted by Crippen LogP contribution is -2.30. The Kier molecular flexibility index (Phi) is 3.26. The molecule has 1 saturated heterocycles. The molecule has 0 radical (unpaired) electrons. The largest absolute Gasteiger partial charge is 0.366 e. The van der Waals surface area contributed by atoms with E-state index in [0.717, 1.165) is 32.4 Å². The zero-order chi connectivity index (χ0) is 16.0. The van der Waals surface area contributed by atoms with Crippen LogP contribution in [0.1, 0.15) is 19.3 Å². The van der Waals surface area contributed by atoms with E-state index < -0.39 is 10.5 Å². The Morgan fingerprint density at radius 2 is 2.00 bits per heavy atom. The van der Waals surface area contributed by atoms with E-state index in [1.807, 2.05) is 20.9 Å². The molecule has 0 amide bonds. The first kappa shape index (κ1) is 14.1. The van der Waals surface area contributed by atoms with Crippen LogP contribution in [0.5, 0.6) is 0 Å². The molecule has 1 aliphatic heterocycles. The highest BCUT2D eigenvalue weighted by Gasteiger charge is 2.24. The number of rotatable bonds is 2. The standard InChI is InChI=1S/C15H14N4O3S/c20-14-10-8-13(19(21)22)12(17-4-2-1-3-5-17)9-11(10)18-6-7-23-15(18)16-14/h6-9H,1-5H2. The van der Waals surface area contributed by atoms with Crippen LogP contribution >= 0.6 is 11.3 Å². The third-order valence-electron chi connectivity index (χ3n) is 4.26. The summed E-state index contributed by atoms with van der Waals surface area (Å²) < 4.78 is 1.82. The second-order valence-electron chi connectivity index (χ2n) is 5.64. The molecule has 1 aliphatic rings. The van der Waals surface area contributed by atoms with Crippen LogP contribution in [0.15, 0.2) is 28.5 Å². The van der Waals surface area contributed by atoms with Gasteiger partial charge in [-0.2, -0.15) is 4.98 Å². The van der Waals surface area contributed by atoms with E-state index >= 15 is 0 Å². The van der Waals surface area contributed by atoms with E-state index in [2.05, 4.69) is 4.98 Å². The van der Waals surface area contributed by atoms with Gasteiger partial charge in [-0.25, -0.2) is 0 Å². The van der Waals surface area contributed by atoms with Gasteiger partial charge in [0.05, 0.1) is 15.8 Å². The van der Waals surface area contributed by atoms with Gasteiger partial charge in [0.1, 0.15) is 5.69 Å². The Bertz CT molecular complexity index is 972. The maximum atomic E-state index is 12.2. The van der Waals surface area contributed by atoms with Crippen molar-refractivity contribution >= 4 is 38.6 Å². The number of hydrogen-bond donors (Lipinski definition) is 0. The van der Waals surface area contributed by atoms with Crippen LogP contribution in [0.3, 0.4) is 0 Å². The van der Waals surface area contributed by atoms with Gasteiger partial charge in [0, 0.05) is 30.7 Å². The number of benzene rings is 1. The van der Waals surface area contributed by atoms with Gasteiger partial charge >= 0.3 is 0 Å². The van der Waals surface area contributed by atoms with Crippen molar-refractivity contribution in [3.05, 3.63) is 44.2 Å². The van der Waals surface area contributed by atoms with Crippen LogP contribution in [0, 0.1) is 10.1 Å². The van der Waals surface area contributed by atoms with Gasteiger partial charge in [-0.3, -0.25) is 19.3 Å². The van der Waals surface area contributed by atoms with Crippen molar-refractivity contribution in [2.45, 2.75) is 19.3 Å². The van der Waals surface area contributed by atoms with Gasteiger partial charge in [-0.1, -0.05) is 0 Å². The first-order valence-electron chi connectivity index (χ1n) is 7.48. The molecular formula is C15H14N4O3S. The Hall–Kier alpha value is -2.48. The van der Waals surface area contributed by atoms with Crippen LogP contribution in [-0.2, 0) is 0 Å². The van der Waals surface area contributed by atoms with Crippen molar-refractivity contribution < 1.29 is 4.92 Å². The van der Waals surface area contributed by atoms with Crippen LogP contribution in [-0.4, -0.2) is 27.4 Å². The minimum absolute atomic E-state index is 0.0199. The fraction of sp³-hybridized carbons (Fsp3) is 0.333. The zero-order valence-corrected chi connectivity index (χ0v) is 13.1. The molecule has 118 valence electrons. The summed E-state index contributed by atoms with van der Waals surface area (Å²) in [5.74, 6) is 0. The first-order valence-corrected chi connectivity index (χ1v) is 8.36. The third kappa shape index (κ3) is 2.26. The first-order chi connectivity index (χ1) is 11.1. The summed E-state index contributed by atoms with van der Waals surface area (Å²) in [6, 6.07) is 3.14. The van der Waals surface area contributed by atoms with E-state index in [9.17, 15) is 14.9 Å². The molecule has 0 saturated carbocycles. The number of hydrogen-bond acceptors (Lipinski definition) is 6. The monoisotopic (exact) mass is 330 g/mol. The molecule has 8 heteroatoms. The molecule has 0 unspecified atom stereocenters. The second kappa shape index (κ2) is 5.31. The molecule has 0 spiro atoms. The molecule has 3 aromatic rings. The predicted molar refractivity (Wildman–Crippen MR) is 89.6 cm³/mol. The molecule has 23 heavy (non-hydrogen) atoms. The number of thiazole rings is 1. The Balaban J connectivity index is 2.05. The van der Waals surface area contributed by atoms with Gasteiger partial charge in [0.15, 0.2) is 4.96 Å². The maximum Gasteiger partial charge on any atom is 0.293 e. The van der Waals surface area contributed by atoms with E-state index in [1.54, 1.807) is 6.07 Å². The number of aromatic nitrogens is 2. The average Bonchev–Trinajstić information content (AvgIpc) is 3.03. The second-order valence-corrected chi connectivity index (χ2v) is 6.51. The molecule has 1 aromatic carbocycles. The van der Waals surface area contributed by atoms with Crippen molar-refractivity contribution in [3.8, 4) is 0 Å². The Morgan fingerprint density at radius 3 is 2.74 bits per heavy atom. The summed E-state index contributed by atoms with van der Waals surface area (Å²) in [5, 5.41) is 13.6. The molecule has 7 nitrogen and oxygen atoms in total. The molecule has 2 aromatic heterocycles. The highest BCUT2D eigenvalue weighted by molar-refractivity contribution is 7.15. The van der Waals surface area contributed by atoms with Crippen molar-refractivity contribution in [2.75, 3.05) is 18.0 Å². The van der Waals surface area contributed by atoms with Crippen molar-refractivity contribution in [3.63, 3.8) is 0 Å². The van der Waals surface area contributed by atoms with Crippen molar-refractivity contribution in [1.82, 2.24) is 9.38 Å². The SMILES string of the molecule is O=c1nc2sccn2c2cc(N3CCCCC3)c([N+](=O)[O-])cc12. The topological polar surface area (TPSA) is 80.8 Å². The van der Waals surface area contributed by atoms with Gasteiger partial charge in [-0.05, 0) is 25.3 Å². The van der Waals surface area contributed by atoms with Gasteiger partial charge in [0.25, 0.3) is 11.2 Å². The smallest absolute Gasteiger partial charge is 0.293 e. The fourth-order valence-corrected chi connectivity index (χ4v) is 3.87. The minimum atomic E-state index is -0.421.